The number of para-hydroxylation sites is 2. The van der Waals surface area contributed by atoms with E-state index in [-0.39, 0.29) is 23.5 Å². The number of nitrogens with zero attached hydrogens (tertiary/aromatic N) is 1. The van der Waals surface area contributed by atoms with Gasteiger partial charge in [-0.2, -0.15) is 0 Å². The first-order valence-corrected chi connectivity index (χ1v) is 8.79. The third-order valence-corrected chi connectivity index (χ3v) is 4.66. The molecule has 4 rings (SSSR count). The van der Waals surface area contributed by atoms with Crippen molar-refractivity contribution in [2.24, 2.45) is 0 Å². The number of fused-ring (bicyclic) bond motifs is 1. The van der Waals surface area contributed by atoms with E-state index in [1.807, 2.05) is 12.1 Å². The summed E-state index contributed by atoms with van der Waals surface area (Å²) in [6.45, 7) is 0. The highest BCUT2D eigenvalue weighted by molar-refractivity contribution is 5.96. The largest absolute Gasteiger partial charge is 0.506 e. The summed E-state index contributed by atoms with van der Waals surface area (Å²) in [6.07, 6.45) is 1.65. The molecule has 0 saturated carbocycles. The Morgan fingerprint density at radius 3 is 2.41 bits per heavy atom. The number of amides is 1. The molecule has 0 saturated heterocycles. The number of phenolic OH excluding ortho intramolecular Hbond substituents is 1. The van der Waals surface area contributed by atoms with Gasteiger partial charge in [0.05, 0.1) is 5.69 Å². The molecule has 6 nitrogen and oxygen atoms in total. The number of nitrogens with one attached hydrogen (secondary N) is 2. The smallest absolute Gasteiger partial charge is 0.251 e. The molecule has 0 fully saturated rings. The molecule has 3 aromatic rings. The zero-order valence-electron chi connectivity index (χ0n) is 14.6. The number of rotatable bonds is 4. The normalized spacial score (nSPS) is 13.2. The van der Waals surface area contributed by atoms with Crippen molar-refractivity contribution in [1.29, 1.82) is 0 Å². The number of carbonyl (C=O) groups is 1. The number of nitrogens with two attached hydrogens (primary N) is 1. The zero-order chi connectivity index (χ0) is 18.8. The van der Waals surface area contributed by atoms with E-state index in [0.29, 0.717) is 17.1 Å². The Labute approximate surface area is 157 Å². The van der Waals surface area contributed by atoms with E-state index in [1.165, 1.54) is 11.1 Å². The van der Waals surface area contributed by atoms with Crippen LogP contribution in [0.3, 0.4) is 0 Å². The van der Waals surface area contributed by atoms with Crippen LogP contribution in [0.15, 0.2) is 60.7 Å². The van der Waals surface area contributed by atoms with E-state index in [0.717, 1.165) is 12.8 Å². The molecule has 6 heteroatoms. The Bertz CT molecular complexity index is 978. The number of benzene rings is 2. The van der Waals surface area contributed by atoms with Gasteiger partial charge in [0, 0.05) is 11.6 Å². The average Bonchev–Trinajstić information content (AvgIpc) is 3.05. The molecule has 2 aromatic carbocycles. The molecule has 0 spiro atoms. The lowest BCUT2D eigenvalue weighted by Gasteiger charge is -2.14. The maximum atomic E-state index is 12.7. The highest BCUT2D eigenvalue weighted by Gasteiger charge is 2.23. The number of carbonyl (C=O) groups excluding carboxylic acids is 1. The highest BCUT2D eigenvalue weighted by atomic mass is 16.3. The van der Waals surface area contributed by atoms with Crippen molar-refractivity contribution >= 4 is 23.2 Å². The first-order chi connectivity index (χ1) is 13.1. The molecule has 1 aliphatic carbocycles. The van der Waals surface area contributed by atoms with E-state index >= 15 is 0 Å². The van der Waals surface area contributed by atoms with Gasteiger partial charge in [0.2, 0.25) is 0 Å². The fourth-order valence-corrected chi connectivity index (χ4v) is 3.39. The van der Waals surface area contributed by atoms with Crippen molar-refractivity contribution in [3.8, 4) is 5.75 Å². The molecule has 1 heterocycles. The van der Waals surface area contributed by atoms with E-state index in [4.69, 9.17) is 5.73 Å². The van der Waals surface area contributed by atoms with Gasteiger partial charge >= 0.3 is 0 Å². The van der Waals surface area contributed by atoms with Gasteiger partial charge in [0.25, 0.3) is 5.91 Å². The van der Waals surface area contributed by atoms with Crippen molar-refractivity contribution in [1.82, 2.24) is 10.3 Å². The van der Waals surface area contributed by atoms with Gasteiger partial charge in [-0.25, -0.2) is 4.98 Å². The number of hydrogen-bond acceptors (Lipinski definition) is 5. The third-order valence-electron chi connectivity index (χ3n) is 4.66. The lowest BCUT2D eigenvalue weighted by atomic mass is 10.1. The molecular weight excluding hydrogens is 340 g/mol. The van der Waals surface area contributed by atoms with Crippen molar-refractivity contribution < 1.29 is 9.90 Å². The SMILES string of the molecule is Nc1cc(C(=O)NC2Cc3ccccc3C2)cc(Nc2ccccc2O)n1. The Hall–Kier alpha value is -3.54. The van der Waals surface area contributed by atoms with Crippen LogP contribution < -0.4 is 16.4 Å². The Morgan fingerprint density at radius 1 is 1.04 bits per heavy atom. The van der Waals surface area contributed by atoms with Crippen LogP contribution in [0.4, 0.5) is 17.3 Å². The summed E-state index contributed by atoms with van der Waals surface area (Å²) in [5.74, 6) is 0.533. The number of pyridine rings is 1. The summed E-state index contributed by atoms with van der Waals surface area (Å²) in [5, 5.41) is 16.0. The average molecular weight is 360 g/mol. The molecule has 0 radical (unpaired) electrons. The van der Waals surface area contributed by atoms with Crippen LogP contribution >= 0.6 is 0 Å². The monoisotopic (exact) mass is 360 g/mol. The minimum Gasteiger partial charge on any atom is -0.506 e. The molecule has 1 aromatic heterocycles. The molecule has 5 N–H and O–H groups in total. The summed E-state index contributed by atoms with van der Waals surface area (Å²) < 4.78 is 0. The lowest BCUT2D eigenvalue weighted by molar-refractivity contribution is 0.0938. The number of aromatic hydroxyl groups is 1. The first kappa shape index (κ1) is 16.9. The summed E-state index contributed by atoms with van der Waals surface area (Å²) in [5.41, 5.74) is 9.35. The highest BCUT2D eigenvalue weighted by Crippen LogP contribution is 2.26. The fourth-order valence-electron chi connectivity index (χ4n) is 3.39. The zero-order valence-corrected chi connectivity index (χ0v) is 14.6. The minimum absolute atomic E-state index is 0.0684. The number of aromatic nitrogens is 1. The van der Waals surface area contributed by atoms with E-state index in [1.54, 1.807) is 36.4 Å². The van der Waals surface area contributed by atoms with Gasteiger partial charge < -0.3 is 21.5 Å². The molecule has 136 valence electrons. The Kier molecular flexibility index (Phi) is 4.38. The molecular formula is C21H20N4O2. The number of hydrogen-bond donors (Lipinski definition) is 4. The number of anilines is 3. The predicted molar refractivity (Wildman–Crippen MR) is 105 cm³/mol. The van der Waals surface area contributed by atoms with Crippen molar-refractivity contribution in [2.75, 3.05) is 11.1 Å². The Balaban J connectivity index is 1.50. The van der Waals surface area contributed by atoms with Crippen LogP contribution in [0.2, 0.25) is 0 Å². The van der Waals surface area contributed by atoms with Crippen molar-refractivity contribution in [2.45, 2.75) is 18.9 Å². The van der Waals surface area contributed by atoms with Crippen LogP contribution in [0.5, 0.6) is 5.75 Å². The van der Waals surface area contributed by atoms with Crippen LogP contribution in [0, 0.1) is 0 Å². The standard InChI is InChI=1S/C21H20N4O2/c22-19-11-15(12-20(25-19)24-17-7-3-4-8-18(17)26)21(27)23-16-9-13-5-1-2-6-14(13)10-16/h1-8,11-12,16,26H,9-10H2,(H,23,27)(H3,22,24,25). The molecule has 27 heavy (non-hydrogen) atoms. The van der Waals surface area contributed by atoms with Crippen molar-refractivity contribution in [3.05, 3.63) is 77.4 Å². The summed E-state index contributed by atoms with van der Waals surface area (Å²) >= 11 is 0. The second kappa shape index (κ2) is 6.99. The second-order valence-electron chi connectivity index (χ2n) is 6.66. The molecule has 1 amide bonds. The van der Waals surface area contributed by atoms with Crippen molar-refractivity contribution in [3.63, 3.8) is 0 Å². The summed E-state index contributed by atoms with van der Waals surface area (Å²) in [4.78, 5) is 16.9. The maximum Gasteiger partial charge on any atom is 0.251 e. The van der Waals surface area contributed by atoms with Gasteiger partial charge in [-0.1, -0.05) is 36.4 Å². The van der Waals surface area contributed by atoms with Gasteiger partial charge in [0.1, 0.15) is 17.4 Å². The molecule has 0 unspecified atom stereocenters. The van der Waals surface area contributed by atoms with Crippen LogP contribution in [-0.2, 0) is 12.8 Å². The topological polar surface area (TPSA) is 100 Å². The van der Waals surface area contributed by atoms with E-state index in [2.05, 4.69) is 27.8 Å². The number of nitrogen functional groups attached to an aromatic ring is 1. The van der Waals surface area contributed by atoms with Crippen LogP contribution in [0.25, 0.3) is 0 Å². The van der Waals surface area contributed by atoms with Gasteiger partial charge in [-0.3, -0.25) is 4.79 Å². The molecule has 0 bridgehead atoms. The minimum atomic E-state index is -0.192. The summed E-state index contributed by atoms with van der Waals surface area (Å²) in [7, 11) is 0. The quantitative estimate of drug-likeness (QED) is 0.536. The molecule has 0 atom stereocenters. The maximum absolute atomic E-state index is 12.7. The Morgan fingerprint density at radius 2 is 1.70 bits per heavy atom. The van der Waals surface area contributed by atoms with Gasteiger partial charge in [-0.15, -0.1) is 0 Å². The number of phenols is 1. The fraction of sp³-hybridized carbons (Fsp3) is 0.143. The van der Waals surface area contributed by atoms with E-state index < -0.39 is 0 Å². The molecule has 0 aliphatic heterocycles. The van der Waals surface area contributed by atoms with Gasteiger partial charge in [0.15, 0.2) is 0 Å². The lowest BCUT2D eigenvalue weighted by Crippen LogP contribution is -2.35. The van der Waals surface area contributed by atoms with E-state index in [9.17, 15) is 9.90 Å². The first-order valence-electron chi connectivity index (χ1n) is 8.79. The predicted octanol–water partition coefficient (Wildman–Crippen LogP) is 3.01. The van der Waals surface area contributed by atoms with Gasteiger partial charge in [-0.05, 0) is 48.2 Å². The second-order valence-corrected chi connectivity index (χ2v) is 6.66. The summed E-state index contributed by atoms with van der Waals surface area (Å²) in [6, 6.07) is 18.3. The third kappa shape index (κ3) is 3.69. The van der Waals surface area contributed by atoms with Crippen LogP contribution in [0.1, 0.15) is 21.5 Å². The molecule has 1 aliphatic rings. The van der Waals surface area contributed by atoms with Crippen LogP contribution in [-0.4, -0.2) is 22.0 Å².